The van der Waals surface area contributed by atoms with Gasteiger partial charge in [0.15, 0.2) is 11.6 Å². The van der Waals surface area contributed by atoms with Crippen molar-refractivity contribution in [1.29, 1.82) is 0 Å². The van der Waals surface area contributed by atoms with Crippen LogP contribution in [0.4, 0.5) is 14.5 Å². The molecule has 25 heavy (non-hydrogen) atoms. The number of halogens is 2. The Morgan fingerprint density at radius 2 is 1.96 bits per heavy atom. The fourth-order valence-corrected chi connectivity index (χ4v) is 3.48. The van der Waals surface area contributed by atoms with E-state index in [1.165, 1.54) is 11.3 Å². The quantitative estimate of drug-likeness (QED) is 0.711. The minimum Gasteiger partial charge on any atom is -0.382 e. The van der Waals surface area contributed by atoms with Gasteiger partial charge in [0.2, 0.25) is 0 Å². The number of hydrogen-bond acceptors (Lipinski definition) is 4. The third kappa shape index (κ3) is 3.85. The molecule has 1 aromatic carbocycles. The van der Waals surface area contributed by atoms with Crippen LogP contribution in [0.15, 0.2) is 35.7 Å². The summed E-state index contributed by atoms with van der Waals surface area (Å²) in [5.41, 5.74) is -1.23. The lowest BCUT2D eigenvalue weighted by Gasteiger charge is -2.27. The maximum absolute atomic E-state index is 13.1. The number of aliphatic hydroxyl groups is 1. The first kappa shape index (κ1) is 17.5. The lowest BCUT2D eigenvalue weighted by atomic mass is 9.95. The van der Waals surface area contributed by atoms with Gasteiger partial charge in [-0.1, -0.05) is 6.07 Å². The average molecular weight is 366 g/mol. The Morgan fingerprint density at radius 1 is 1.20 bits per heavy atom. The standard InChI is InChI=1S/C17H16F2N2O3S/c18-12-6-5-11(8-13(12)19)21-16(23)15(22)20-9-17(24,10-3-4-10)14-2-1-7-25-14/h1-2,5-8,10,24H,3-4,9H2,(H,20,22)(H,21,23). The average Bonchev–Trinajstić information content (AvgIpc) is 3.30. The van der Waals surface area contributed by atoms with Crippen LogP contribution in [0.3, 0.4) is 0 Å². The van der Waals surface area contributed by atoms with E-state index in [1.807, 2.05) is 11.4 Å². The van der Waals surface area contributed by atoms with E-state index >= 15 is 0 Å². The van der Waals surface area contributed by atoms with E-state index in [4.69, 9.17) is 0 Å². The minimum absolute atomic E-state index is 0.0326. The molecule has 3 N–H and O–H groups in total. The highest BCUT2D eigenvalue weighted by Gasteiger charge is 2.46. The lowest BCUT2D eigenvalue weighted by Crippen LogP contribution is -2.45. The second kappa shape index (κ2) is 6.89. The molecule has 3 rings (SSSR count). The molecule has 1 saturated carbocycles. The zero-order chi connectivity index (χ0) is 18.0. The minimum atomic E-state index is -1.20. The van der Waals surface area contributed by atoms with Crippen molar-refractivity contribution in [2.45, 2.75) is 18.4 Å². The Balaban J connectivity index is 1.61. The van der Waals surface area contributed by atoms with E-state index in [9.17, 15) is 23.5 Å². The summed E-state index contributed by atoms with van der Waals surface area (Å²) in [7, 11) is 0. The van der Waals surface area contributed by atoms with Gasteiger partial charge in [-0.25, -0.2) is 8.78 Å². The van der Waals surface area contributed by atoms with Gasteiger partial charge < -0.3 is 15.7 Å². The van der Waals surface area contributed by atoms with Gasteiger partial charge in [0.25, 0.3) is 0 Å². The van der Waals surface area contributed by atoms with E-state index in [0.29, 0.717) is 0 Å². The molecule has 2 amide bonds. The van der Waals surface area contributed by atoms with Crippen molar-refractivity contribution in [3.63, 3.8) is 0 Å². The van der Waals surface area contributed by atoms with Crippen LogP contribution in [-0.2, 0) is 15.2 Å². The summed E-state index contributed by atoms with van der Waals surface area (Å²) >= 11 is 1.38. The summed E-state index contributed by atoms with van der Waals surface area (Å²) in [6.07, 6.45) is 1.71. The summed E-state index contributed by atoms with van der Waals surface area (Å²) in [6, 6.07) is 6.38. The molecule has 0 bridgehead atoms. The molecule has 1 aliphatic rings. The number of amides is 2. The highest BCUT2D eigenvalue weighted by molar-refractivity contribution is 7.10. The Hall–Kier alpha value is -2.32. The largest absolute Gasteiger partial charge is 0.382 e. The summed E-state index contributed by atoms with van der Waals surface area (Å²) in [5, 5.41) is 17.3. The molecule has 5 nitrogen and oxygen atoms in total. The normalized spacial score (nSPS) is 16.1. The molecule has 1 unspecified atom stereocenters. The second-order valence-electron chi connectivity index (χ2n) is 5.94. The van der Waals surface area contributed by atoms with Crippen molar-refractivity contribution in [3.8, 4) is 0 Å². The van der Waals surface area contributed by atoms with Crippen LogP contribution in [0, 0.1) is 17.6 Å². The van der Waals surface area contributed by atoms with Crippen molar-refractivity contribution < 1.29 is 23.5 Å². The Bertz CT molecular complexity index is 793. The summed E-state index contributed by atoms with van der Waals surface area (Å²) < 4.78 is 26.0. The molecule has 1 atom stereocenters. The van der Waals surface area contributed by atoms with E-state index in [1.54, 1.807) is 6.07 Å². The van der Waals surface area contributed by atoms with Crippen LogP contribution in [0.5, 0.6) is 0 Å². The molecule has 1 fully saturated rings. The van der Waals surface area contributed by atoms with E-state index in [0.717, 1.165) is 35.9 Å². The van der Waals surface area contributed by atoms with Crippen molar-refractivity contribution in [2.75, 3.05) is 11.9 Å². The highest BCUT2D eigenvalue weighted by atomic mass is 32.1. The van der Waals surface area contributed by atoms with Gasteiger partial charge >= 0.3 is 11.8 Å². The van der Waals surface area contributed by atoms with Gasteiger partial charge in [0.1, 0.15) is 5.60 Å². The van der Waals surface area contributed by atoms with Crippen molar-refractivity contribution in [1.82, 2.24) is 5.32 Å². The Labute approximate surface area is 146 Å². The molecule has 2 aromatic rings. The monoisotopic (exact) mass is 366 g/mol. The third-order valence-corrected chi connectivity index (χ3v) is 5.14. The van der Waals surface area contributed by atoms with E-state index in [2.05, 4.69) is 10.6 Å². The number of benzene rings is 1. The first-order chi connectivity index (χ1) is 11.9. The number of anilines is 1. The number of thiophene rings is 1. The van der Waals surface area contributed by atoms with Crippen LogP contribution in [-0.4, -0.2) is 23.5 Å². The Kier molecular flexibility index (Phi) is 4.82. The lowest BCUT2D eigenvalue weighted by molar-refractivity contribution is -0.137. The van der Waals surface area contributed by atoms with Gasteiger partial charge in [0, 0.05) is 16.6 Å². The summed E-state index contributed by atoms with van der Waals surface area (Å²) in [6.45, 7) is -0.0950. The third-order valence-electron chi connectivity index (χ3n) is 4.10. The smallest absolute Gasteiger partial charge is 0.313 e. The van der Waals surface area contributed by atoms with Crippen LogP contribution in [0.1, 0.15) is 17.7 Å². The Morgan fingerprint density at radius 3 is 2.56 bits per heavy atom. The molecule has 0 saturated heterocycles. The van der Waals surface area contributed by atoms with Gasteiger partial charge in [-0.15, -0.1) is 11.3 Å². The first-order valence-corrected chi connectivity index (χ1v) is 8.58. The van der Waals surface area contributed by atoms with E-state index < -0.39 is 29.0 Å². The molecule has 1 aromatic heterocycles. The van der Waals surface area contributed by atoms with Crippen molar-refractivity contribution in [3.05, 3.63) is 52.2 Å². The maximum Gasteiger partial charge on any atom is 0.313 e. The van der Waals surface area contributed by atoms with Crippen LogP contribution in [0.25, 0.3) is 0 Å². The van der Waals surface area contributed by atoms with Crippen LogP contribution >= 0.6 is 11.3 Å². The maximum atomic E-state index is 13.1. The number of rotatable bonds is 5. The molecule has 1 aliphatic carbocycles. The van der Waals surface area contributed by atoms with Crippen molar-refractivity contribution >= 4 is 28.8 Å². The fourth-order valence-electron chi connectivity index (χ4n) is 2.58. The van der Waals surface area contributed by atoms with Gasteiger partial charge in [0.05, 0.1) is 6.54 Å². The summed E-state index contributed by atoms with van der Waals surface area (Å²) in [4.78, 5) is 24.6. The molecule has 132 valence electrons. The molecular formula is C17H16F2N2O3S. The van der Waals surface area contributed by atoms with Crippen LogP contribution in [0.2, 0.25) is 0 Å². The number of carbonyl (C=O) groups excluding carboxylic acids is 2. The second-order valence-corrected chi connectivity index (χ2v) is 6.89. The predicted molar refractivity (Wildman–Crippen MR) is 88.9 cm³/mol. The number of nitrogens with one attached hydrogen (secondary N) is 2. The van der Waals surface area contributed by atoms with Gasteiger partial charge in [-0.3, -0.25) is 9.59 Å². The highest BCUT2D eigenvalue weighted by Crippen LogP contribution is 2.46. The first-order valence-electron chi connectivity index (χ1n) is 7.71. The molecule has 1 heterocycles. The zero-order valence-corrected chi connectivity index (χ0v) is 13.9. The number of hydrogen-bond donors (Lipinski definition) is 3. The van der Waals surface area contributed by atoms with Crippen LogP contribution < -0.4 is 10.6 Å². The predicted octanol–water partition coefficient (Wildman–Crippen LogP) is 2.38. The van der Waals surface area contributed by atoms with Gasteiger partial charge in [-0.05, 0) is 42.3 Å². The molecule has 0 aliphatic heterocycles. The van der Waals surface area contributed by atoms with E-state index in [-0.39, 0.29) is 18.2 Å². The molecular weight excluding hydrogens is 350 g/mol. The zero-order valence-electron chi connectivity index (χ0n) is 13.1. The SMILES string of the molecule is O=C(NCC(O)(c1cccs1)C1CC1)C(=O)Nc1ccc(F)c(F)c1. The summed E-state index contributed by atoms with van der Waals surface area (Å²) in [5.74, 6) is -4.11. The molecule has 0 spiro atoms. The number of carbonyl (C=O) groups is 2. The van der Waals surface area contributed by atoms with Gasteiger partial charge in [-0.2, -0.15) is 0 Å². The molecule has 8 heteroatoms. The van der Waals surface area contributed by atoms with Crippen molar-refractivity contribution in [2.24, 2.45) is 5.92 Å². The molecule has 0 radical (unpaired) electrons. The topological polar surface area (TPSA) is 78.4 Å². The fraction of sp³-hybridized carbons (Fsp3) is 0.294.